The molecule has 0 saturated carbocycles. The molecular formula is C13H13N3O. The monoisotopic (exact) mass is 227 g/mol. The highest BCUT2D eigenvalue weighted by molar-refractivity contribution is 5.95. The lowest BCUT2D eigenvalue weighted by atomic mass is 10.1. The average Bonchev–Trinajstić information content (AvgIpc) is 2.33. The fourth-order valence-corrected chi connectivity index (χ4v) is 1.48. The van der Waals surface area contributed by atoms with Gasteiger partial charge in [-0.1, -0.05) is 12.1 Å². The van der Waals surface area contributed by atoms with E-state index in [1.54, 1.807) is 24.3 Å². The highest BCUT2D eigenvalue weighted by Gasteiger charge is 2.07. The number of anilines is 2. The number of pyridine rings is 1. The molecule has 0 saturated heterocycles. The quantitative estimate of drug-likeness (QED) is 0.617. The van der Waals surface area contributed by atoms with Gasteiger partial charge in [0.2, 0.25) is 0 Å². The zero-order chi connectivity index (χ0) is 12.3. The second-order valence-corrected chi connectivity index (χ2v) is 3.82. The molecule has 0 bridgehead atoms. The van der Waals surface area contributed by atoms with Crippen molar-refractivity contribution >= 4 is 17.2 Å². The molecule has 4 heteroatoms. The number of nitrogens with two attached hydrogens (primary N) is 2. The molecule has 86 valence electrons. The first kappa shape index (κ1) is 11.1. The zero-order valence-electron chi connectivity index (χ0n) is 9.26. The Labute approximate surface area is 99.3 Å². The minimum Gasteiger partial charge on any atom is -0.399 e. The molecule has 0 spiro atoms. The highest BCUT2D eigenvalue weighted by Crippen LogP contribution is 2.09. The van der Waals surface area contributed by atoms with Crippen LogP contribution in [0.1, 0.15) is 16.1 Å². The van der Waals surface area contributed by atoms with E-state index in [1.165, 1.54) is 6.20 Å². The van der Waals surface area contributed by atoms with E-state index in [-0.39, 0.29) is 5.78 Å². The van der Waals surface area contributed by atoms with Gasteiger partial charge in [0.15, 0.2) is 5.78 Å². The van der Waals surface area contributed by atoms with Crippen molar-refractivity contribution in [2.45, 2.75) is 6.42 Å². The summed E-state index contributed by atoms with van der Waals surface area (Å²) in [7, 11) is 0. The molecule has 17 heavy (non-hydrogen) atoms. The van der Waals surface area contributed by atoms with Gasteiger partial charge >= 0.3 is 0 Å². The second kappa shape index (κ2) is 4.65. The number of carbonyl (C=O) groups excluding carboxylic acids is 1. The maximum absolute atomic E-state index is 11.9. The first-order chi connectivity index (χ1) is 8.15. The predicted octanol–water partition coefficient (Wildman–Crippen LogP) is 1.67. The summed E-state index contributed by atoms with van der Waals surface area (Å²) in [5, 5.41) is 0. The Morgan fingerprint density at radius 1 is 1.00 bits per heavy atom. The first-order valence-corrected chi connectivity index (χ1v) is 5.24. The molecule has 1 aromatic heterocycles. The number of nitrogen functional groups attached to an aromatic ring is 2. The van der Waals surface area contributed by atoms with Crippen LogP contribution in [0.5, 0.6) is 0 Å². The number of hydrogen-bond acceptors (Lipinski definition) is 4. The van der Waals surface area contributed by atoms with Gasteiger partial charge in [0.05, 0.1) is 11.9 Å². The van der Waals surface area contributed by atoms with E-state index in [9.17, 15) is 4.79 Å². The van der Waals surface area contributed by atoms with E-state index < -0.39 is 0 Å². The van der Waals surface area contributed by atoms with Crippen LogP contribution in [0.25, 0.3) is 0 Å². The number of nitrogens with zero attached hydrogens (tertiary/aromatic N) is 1. The summed E-state index contributed by atoms with van der Waals surface area (Å²) in [5.74, 6) is -0.0326. The highest BCUT2D eigenvalue weighted by atomic mass is 16.1. The van der Waals surface area contributed by atoms with Crippen molar-refractivity contribution in [3.8, 4) is 0 Å². The van der Waals surface area contributed by atoms with Crippen LogP contribution in [0.4, 0.5) is 11.4 Å². The van der Waals surface area contributed by atoms with Crippen LogP contribution in [0.15, 0.2) is 42.6 Å². The molecular weight excluding hydrogens is 214 g/mol. The van der Waals surface area contributed by atoms with Crippen molar-refractivity contribution in [3.05, 3.63) is 53.9 Å². The fraction of sp³-hybridized carbons (Fsp3) is 0.0769. The summed E-state index contributed by atoms with van der Waals surface area (Å²) in [5.41, 5.74) is 13.7. The van der Waals surface area contributed by atoms with Crippen LogP contribution in [0.3, 0.4) is 0 Å². The minimum absolute atomic E-state index is 0.0326. The topological polar surface area (TPSA) is 82.0 Å². The van der Waals surface area contributed by atoms with Gasteiger partial charge < -0.3 is 11.5 Å². The predicted molar refractivity (Wildman–Crippen MR) is 67.5 cm³/mol. The van der Waals surface area contributed by atoms with Crippen LogP contribution in [-0.2, 0) is 6.42 Å². The summed E-state index contributed by atoms with van der Waals surface area (Å²) in [6.45, 7) is 0. The van der Waals surface area contributed by atoms with Crippen LogP contribution >= 0.6 is 0 Å². The van der Waals surface area contributed by atoms with Crippen LogP contribution < -0.4 is 11.5 Å². The largest absolute Gasteiger partial charge is 0.399 e. The Hall–Kier alpha value is -2.36. The molecule has 4 nitrogen and oxygen atoms in total. The smallest absolute Gasteiger partial charge is 0.185 e. The number of carbonyl (C=O) groups is 1. The van der Waals surface area contributed by atoms with Crippen LogP contribution in [-0.4, -0.2) is 10.8 Å². The zero-order valence-corrected chi connectivity index (χ0v) is 9.26. The number of Topliss-reactive ketones (excluding diaryl/α,β-unsaturated/α-hetero) is 1. The van der Waals surface area contributed by atoms with E-state index in [0.29, 0.717) is 23.5 Å². The third-order valence-electron chi connectivity index (χ3n) is 2.42. The van der Waals surface area contributed by atoms with E-state index in [1.807, 2.05) is 12.1 Å². The van der Waals surface area contributed by atoms with Crippen molar-refractivity contribution in [1.29, 1.82) is 0 Å². The third kappa shape index (κ3) is 2.81. The molecule has 0 fully saturated rings. The molecule has 1 aromatic carbocycles. The van der Waals surface area contributed by atoms with Crippen molar-refractivity contribution in [2.75, 3.05) is 11.5 Å². The molecule has 0 atom stereocenters. The standard InChI is InChI=1S/C13H13N3O/c14-10-3-1-9(2-4-10)7-13(17)12-6-5-11(15)8-16-12/h1-6,8H,7,14-15H2. The van der Waals surface area contributed by atoms with E-state index in [2.05, 4.69) is 4.98 Å². The Balaban J connectivity index is 2.11. The molecule has 0 unspecified atom stereocenters. The SMILES string of the molecule is Nc1ccc(CC(=O)c2ccc(N)cn2)cc1. The van der Waals surface area contributed by atoms with Gasteiger partial charge in [0.25, 0.3) is 0 Å². The molecule has 0 aliphatic rings. The van der Waals surface area contributed by atoms with Crippen molar-refractivity contribution in [2.24, 2.45) is 0 Å². The van der Waals surface area contributed by atoms with Crippen molar-refractivity contribution in [1.82, 2.24) is 4.98 Å². The first-order valence-electron chi connectivity index (χ1n) is 5.24. The normalized spacial score (nSPS) is 10.1. The maximum atomic E-state index is 11.9. The number of aromatic nitrogens is 1. The molecule has 1 heterocycles. The Morgan fingerprint density at radius 3 is 2.24 bits per heavy atom. The Bertz CT molecular complexity index is 517. The summed E-state index contributed by atoms with van der Waals surface area (Å²) < 4.78 is 0. The van der Waals surface area contributed by atoms with Gasteiger partial charge in [-0.2, -0.15) is 0 Å². The van der Waals surface area contributed by atoms with E-state index in [0.717, 1.165) is 5.56 Å². The molecule has 0 radical (unpaired) electrons. The van der Waals surface area contributed by atoms with E-state index in [4.69, 9.17) is 11.5 Å². The molecule has 4 N–H and O–H groups in total. The van der Waals surface area contributed by atoms with Crippen LogP contribution in [0.2, 0.25) is 0 Å². The van der Waals surface area contributed by atoms with Gasteiger partial charge in [-0.05, 0) is 29.8 Å². The van der Waals surface area contributed by atoms with Gasteiger partial charge in [0, 0.05) is 12.1 Å². The molecule has 2 rings (SSSR count). The fourth-order valence-electron chi connectivity index (χ4n) is 1.48. The number of ketones is 1. The molecule has 0 aliphatic carbocycles. The third-order valence-corrected chi connectivity index (χ3v) is 2.42. The molecule has 0 aliphatic heterocycles. The van der Waals surface area contributed by atoms with Crippen molar-refractivity contribution < 1.29 is 4.79 Å². The molecule has 0 amide bonds. The van der Waals surface area contributed by atoms with Crippen LogP contribution in [0, 0.1) is 0 Å². The molecule has 2 aromatic rings. The maximum Gasteiger partial charge on any atom is 0.185 e. The lowest BCUT2D eigenvalue weighted by Gasteiger charge is -2.02. The Morgan fingerprint density at radius 2 is 1.65 bits per heavy atom. The minimum atomic E-state index is -0.0326. The number of benzene rings is 1. The number of rotatable bonds is 3. The van der Waals surface area contributed by atoms with Gasteiger partial charge in [0.1, 0.15) is 5.69 Å². The lowest BCUT2D eigenvalue weighted by molar-refractivity contribution is 0.0988. The van der Waals surface area contributed by atoms with Crippen molar-refractivity contribution in [3.63, 3.8) is 0 Å². The second-order valence-electron chi connectivity index (χ2n) is 3.82. The number of hydrogen-bond donors (Lipinski definition) is 2. The summed E-state index contributed by atoms with van der Waals surface area (Å²) >= 11 is 0. The Kier molecular flexibility index (Phi) is 3.05. The summed E-state index contributed by atoms with van der Waals surface area (Å²) in [6.07, 6.45) is 1.80. The lowest BCUT2D eigenvalue weighted by Crippen LogP contribution is -2.06. The van der Waals surface area contributed by atoms with Gasteiger partial charge in [-0.3, -0.25) is 9.78 Å². The summed E-state index contributed by atoms with van der Waals surface area (Å²) in [6, 6.07) is 10.5. The van der Waals surface area contributed by atoms with Gasteiger partial charge in [-0.25, -0.2) is 0 Å². The average molecular weight is 227 g/mol. The summed E-state index contributed by atoms with van der Waals surface area (Å²) in [4.78, 5) is 15.9. The van der Waals surface area contributed by atoms with Gasteiger partial charge in [-0.15, -0.1) is 0 Å². The van der Waals surface area contributed by atoms with E-state index >= 15 is 0 Å².